The van der Waals surface area contributed by atoms with E-state index in [0.717, 1.165) is 0 Å². The van der Waals surface area contributed by atoms with Gasteiger partial charge >= 0.3 is 5.97 Å². The van der Waals surface area contributed by atoms with Crippen molar-refractivity contribution in [2.75, 3.05) is 37.1 Å². The fourth-order valence-corrected chi connectivity index (χ4v) is 2.26. The molecule has 1 aromatic carbocycles. The van der Waals surface area contributed by atoms with Crippen LogP contribution in [-0.4, -0.2) is 43.7 Å². The van der Waals surface area contributed by atoms with E-state index in [0.29, 0.717) is 30.4 Å². The van der Waals surface area contributed by atoms with Gasteiger partial charge in [-0.1, -0.05) is 0 Å². The molecule has 0 atom stereocenters. The molecule has 1 aromatic rings. The Morgan fingerprint density at radius 2 is 1.77 bits per heavy atom. The van der Waals surface area contributed by atoms with Crippen LogP contribution < -0.4 is 14.8 Å². The molecule has 0 unspecified atom stereocenters. The Morgan fingerprint density at radius 3 is 2.41 bits per heavy atom. The van der Waals surface area contributed by atoms with E-state index in [2.05, 4.69) is 10.1 Å². The molecule has 0 saturated carbocycles. The van der Waals surface area contributed by atoms with Crippen LogP contribution >= 0.6 is 11.8 Å². The van der Waals surface area contributed by atoms with Crippen molar-refractivity contribution in [2.45, 2.75) is 13.8 Å². The van der Waals surface area contributed by atoms with Crippen molar-refractivity contribution in [3.63, 3.8) is 0 Å². The van der Waals surface area contributed by atoms with Crippen molar-refractivity contribution in [1.82, 2.24) is 0 Å². The Balaban J connectivity index is 2.59. The summed E-state index contributed by atoms with van der Waals surface area (Å²) in [4.78, 5) is 22.8. The summed E-state index contributed by atoms with van der Waals surface area (Å²) in [6.45, 7) is 4.82. The quantitative estimate of drug-likeness (QED) is 0.702. The van der Waals surface area contributed by atoms with Gasteiger partial charge < -0.3 is 19.5 Å². The van der Waals surface area contributed by atoms with Crippen LogP contribution in [0.2, 0.25) is 0 Å². The second kappa shape index (κ2) is 9.94. The maximum atomic E-state index is 11.8. The summed E-state index contributed by atoms with van der Waals surface area (Å²) >= 11 is 1.20. The van der Waals surface area contributed by atoms with Gasteiger partial charge in [-0.15, -0.1) is 11.8 Å². The van der Waals surface area contributed by atoms with Crippen molar-refractivity contribution in [1.29, 1.82) is 0 Å². The molecule has 0 aliphatic heterocycles. The van der Waals surface area contributed by atoms with Gasteiger partial charge in [0.2, 0.25) is 5.91 Å². The lowest BCUT2D eigenvalue weighted by molar-refractivity contribution is -0.137. The van der Waals surface area contributed by atoms with Crippen LogP contribution in [0, 0.1) is 0 Å². The number of methoxy groups -OCH3 is 1. The molecule has 0 heterocycles. The molecule has 0 fully saturated rings. The number of rotatable bonds is 9. The minimum atomic E-state index is -0.350. The van der Waals surface area contributed by atoms with Crippen molar-refractivity contribution < 1.29 is 23.8 Å². The van der Waals surface area contributed by atoms with Gasteiger partial charge in [0.1, 0.15) is 0 Å². The van der Waals surface area contributed by atoms with Gasteiger partial charge in [-0.05, 0) is 26.0 Å². The highest BCUT2D eigenvalue weighted by molar-refractivity contribution is 8.00. The lowest BCUT2D eigenvalue weighted by atomic mass is 10.2. The first-order chi connectivity index (χ1) is 10.6. The van der Waals surface area contributed by atoms with E-state index in [1.54, 1.807) is 18.2 Å². The Kier molecular flexibility index (Phi) is 8.21. The van der Waals surface area contributed by atoms with Crippen LogP contribution in [0.3, 0.4) is 0 Å². The highest BCUT2D eigenvalue weighted by Gasteiger charge is 2.09. The second-order valence-electron chi connectivity index (χ2n) is 4.14. The summed E-state index contributed by atoms with van der Waals surface area (Å²) in [5, 5.41) is 2.75. The van der Waals surface area contributed by atoms with Crippen molar-refractivity contribution in [2.24, 2.45) is 0 Å². The van der Waals surface area contributed by atoms with Crippen LogP contribution in [0.25, 0.3) is 0 Å². The molecule has 0 bridgehead atoms. The van der Waals surface area contributed by atoms with E-state index in [1.807, 2.05) is 13.8 Å². The van der Waals surface area contributed by atoms with Gasteiger partial charge in [-0.2, -0.15) is 0 Å². The largest absolute Gasteiger partial charge is 0.490 e. The lowest BCUT2D eigenvalue weighted by Gasteiger charge is -2.13. The highest BCUT2D eigenvalue weighted by Crippen LogP contribution is 2.30. The van der Waals surface area contributed by atoms with Gasteiger partial charge in [0.15, 0.2) is 11.5 Å². The standard InChI is InChI=1S/C15H21NO5S/c1-4-20-12-7-6-11(8-13(12)21-5-2)16-14(17)9-22-10-15(18)19-3/h6-8H,4-5,9-10H2,1-3H3,(H,16,17). The summed E-state index contributed by atoms with van der Waals surface area (Å²) in [6, 6.07) is 5.22. The molecule has 1 amide bonds. The molecular formula is C15H21NO5S. The first-order valence-corrected chi connectivity index (χ1v) is 8.10. The molecule has 7 heteroatoms. The maximum absolute atomic E-state index is 11.8. The number of carbonyl (C=O) groups excluding carboxylic acids is 2. The van der Waals surface area contributed by atoms with E-state index in [9.17, 15) is 9.59 Å². The maximum Gasteiger partial charge on any atom is 0.315 e. The first-order valence-electron chi connectivity index (χ1n) is 6.94. The average molecular weight is 327 g/mol. The van der Waals surface area contributed by atoms with Crippen molar-refractivity contribution in [3.05, 3.63) is 18.2 Å². The van der Waals surface area contributed by atoms with Gasteiger partial charge in [0, 0.05) is 11.8 Å². The normalized spacial score (nSPS) is 9.95. The van der Waals surface area contributed by atoms with Gasteiger partial charge in [0.05, 0.1) is 31.8 Å². The Hall–Kier alpha value is -1.89. The summed E-state index contributed by atoms with van der Waals surface area (Å²) in [5.41, 5.74) is 0.621. The number of carbonyl (C=O) groups is 2. The Bertz CT molecular complexity index is 507. The first kappa shape index (κ1) is 18.2. The number of amides is 1. The summed E-state index contributed by atoms with van der Waals surface area (Å²) in [5.74, 6) is 1.01. The molecule has 1 N–H and O–H groups in total. The number of anilines is 1. The molecule has 0 aliphatic rings. The zero-order chi connectivity index (χ0) is 16.4. The predicted octanol–water partition coefficient (Wildman–Crippen LogP) is 2.33. The van der Waals surface area contributed by atoms with E-state index >= 15 is 0 Å². The molecule has 122 valence electrons. The Morgan fingerprint density at radius 1 is 1.09 bits per heavy atom. The number of esters is 1. The fourth-order valence-electron chi connectivity index (χ4n) is 1.61. The van der Waals surface area contributed by atoms with E-state index in [-0.39, 0.29) is 23.4 Å². The Labute approximate surface area is 134 Å². The zero-order valence-electron chi connectivity index (χ0n) is 13.0. The average Bonchev–Trinajstić information content (AvgIpc) is 2.50. The van der Waals surface area contributed by atoms with Crippen molar-refractivity contribution >= 4 is 29.3 Å². The zero-order valence-corrected chi connectivity index (χ0v) is 13.8. The van der Waals surface area contributed by atoms with Crippen LogP contribution in [0.15, 0.2) is 18.2 Å². The lowest BCUT2D eigenvalue weighted by Crippen LogP contribution is -2.16. The smallest absolute Gasteiger partial charge is 0.315 e. The number of benzene rings is 1. The topological polar surface area (TPSA) is 73.9 Å². The molecule has 6 nitrogen and oxygen atoms in total. The molecule has 0 saturated heterocycles. The van der Waals surface area contributed by atoms with Crippen LogP contribution in [0.1, 0.15) is 13.8 Å². The van der Waals surface area contributed by atoms with Crippen molar-refractivity contribution in [3.8, 4) is 11.5 Å². The van der Waals surface area contributed by atoms with Gasteiger partial charge in [-0.25, -0.2) is 0 Å². The highest BCUT2D eigenvalue weighted by atomic mass is 32.2. The minimum absolute atomic E-state index is 0.150. The van der Waals surface area contributed by atoms with Crippen LogP contribution in [-0.2, 0) is 14.3 Å². The molecular weight excluding hydrogens is 306 g/mol. The molecule has 1 rings (SSSR count). The third-order valence-corrected chi connectivity index (χ3v) is 3.41. The molecule has 22 heavy (non-hydrogen) atoms. The minimum Gasteiger partial charge on any atom is -0.490 e. The number of hydrogen-bond acceptors (Lipinski definition) is 6. The third kappa shape index (κ3) is 6.26. The fraction of sp³-hybridized carbons (Fsp3) is 0.467. The van der Waals surface area contributed by atoms with Crippen LogP contribution in [0.5, 0.6) is 11.5 Å². The number of thioether (sulfide) groups is 1. The third-order valence-electron chi connectivity index (χ3n) is 2.51. The van der Waals surface area contributed by atoms with Gasteiger partial charge in [-0.3, -0.25) is 9.59 Å². The molecule has 0 aromatic heterocycles. The number of ether oxygens (including phenoxy) is 3. The molecule has 0 spiro atoms. The monoisotopic (exact) mass is 327 g/mol. The summed E-state index contributed by atoms with van der Waals surface area (Å²) < 4.78 is 15.5. The number of nitrogens with one attached hydrogen (secondary N) is 1. The summed E-state index contributed by atoms with van der Waals surface area (Å²) in [7, 11) is 1.32. The SMILES string of the molecule is CCOc1ccc(NC(=O)CSCC(=O)OC)cc1OCC. The predicted molar refractivity (Wildman–Crippen MR) is 86.8 cm³/mol. The second-order valence-corrected chi connectivity index (χ2v) is 5.13. The van der Waals surface area contributed by atoms with Crippen LogP contribution in [0.4, 0.5) is 5.69 Å². The van der Waals surface area contributed by atoms with E-state index in [1.165, 1.54) is 18.9 Å². The summed E-state index contributed by atoms with van der Waals surface area (Å²) in [6.07, 6.45) is 0. The molecule has 0 aliphatic carbocycles. The molecule has 0 radical (unpaired) electrons. The van der Waals surface area contributed by atoms with E-state index < -0.39 is 0 Å². The number of hydrogen-bond donors (Lipinski definition) is 1. The van der Waals surface area contributed by atoms with E-state index in [4.69, 9.17) is 9.47 Å². The van der Waals surface area contributed by atoms with Gasteiger partial charge in [0.25, 0.3) is 0 Å².